The van der Waals surface area contributed by atoms with Crippen molar-refractivity contribution in [3.8, 4) is 11.3 Å². The lowest BCUT2D eigenvalue weighted by Crippen LogP contribution is -2.52. The van der Waals surface area contributed by atoms with Crippen LogP contribution in [0.5, 0.6) is 0 Å². The van der Waals surface area contributed by atoms with Crippen LogP contribution >= 0.6 is 11.6 Å². The molecule has 1 saturated heterocycles. The van der Waals surface area contributed by atoms with Gasteiger partial charge >= 0.3 is 0 Å². The minimum absolute atomic E-state index is 0.167. The fraction of sp³-hybridized carbons (Fsp3) is 0.350. The van der Waals surface area contributed by atoms with E-state index in [-0.39, 0.29) is 18.2 Å². The van der Waals surface area contributed by atoms with Gasteiger partial charge in [0.05, 0.1) is 24.5 Å². The Morgan fingerprint density at radius 3 is 2.71 bits per heavy atom. The van der Waals surface area contributed by atoms with Gasteiger partial charge in [0.25, 0.3) is 5.56 Å². The van der Waals surface area contributed by atoms with Crippen molar-refractivity contribution in [2.45, 2.75) is 26.5 Å². The maximum Gasteiger partial charge on any atom is 0.269 e. The maximum absolute atomic E-state index is 12.6. The monoisotopic (exact) mass is 400 g/mol. The van der Waals surface area contributed by atoms with Crippen LogP contribution in [0.4, 0.5) is 5.69 Å². The third-order valence-electron chi connectivity index (χ3n) is 4.88. The van der Waals surface area contributed by atoms with Gasteiger partial charge in [-0.05, 0) is 26.0 Å². The van der Waals surface area contributed by atoms with Crippen LogP contribution in [0, 0.1) is 6.92 Å². The first-order valence-corrected chi connectivity index (χ1v) is 9.57. The van der Waals surface area contributed by atoms with Gasteiger partial charge in [0.15, 0.2) is 0 Å². The molecule has 1 aliphatic rings. The molecule has 0 saturated carbocycles. The van der Waals surface area contributed by atoms with E-state index in [1.54, 1.807) is 24.4 Å². The van der Waals surface area contributed by atoms with E-state index in [4.69, 9.17) is 20.9 Å². The predicted octanol–water partition coefficient (Wildman–Crippen LogP) is 3.13. The van der Waals surface area contributed by atoms with Gasteiger partial charge < -0.3 is 14.2 Å². The molecule has 1 fully saturated rings. The highest BCUT2D eigenvalue weighted by Crippen LogP contribution is 2.27. The molecule has 4 rings (SSSR count). The first-order chi connectivity index (χ1) is 13.5. The standard InChI is InChI=1S/C20H21ClN4O3/c1-3-27-17-10-24(11-17)16-8-19(26)25(22-9-16)12-18-13(2)28-23-20(18)14-4-6-15(21)7-5-14/h4-9,17H,3,10-12H2,1-2H3. The number of halogens is 1. The molecule has 3 aromatic rings. The van der Waals surface area contributed by atoms with Crippen molar-refractivity contribution in [3.05, 3.63) is 63.2 Å². The lowest BCUT2D eigenvalue weighted by atomic mass is 10.1. The van der Waals surface area contributed by atoms with Crippen molar-refractivity contribution in [3.63, 3.8) is 0 Å². The summed E-state index contributed by atoms with van der Waals surface area (Å²) < 4.78 is 12.3. The van der Waals surface area contributed by atoms with E-state index in [1.165, 1.54) is 4.68 Å². The van der Waals surface area contributed by atoms with Crippen LogP contribution in [0.2, 0.25) is 5.02 Å². The summed E-state index contributed by atoms with van der Waals surface area (Å²) in [4.78, 5) is 14.7. The zero-order chi connectivity index (χ0) is 19.7. The van der Waals surface area contributed by atoms with E-state index in [0.29, 0.717) is 23.1 Å². The molecule has 1 aromatic carbocycles. The summed E-state index contributed by atoms with van der Waals surface area (Å²) in [7, 11) is 0. The molecule has 146 valence electrons. The van der Waals surface area contributed by atoms with Gasteiger partial charge in [-0.25, -0.2) is 4.68 Å². The highest BCUT2D eigenvalue weighted by atomic mass is 35.5. The zero-order valence-corrected chi connectivity index (χ0v) is 16.5. The quantitative estimate of drug-likeness (QED) is 0.633. The second kappa shape index (κ2) is 7.77. The Morgan fingerprint density at radius 1 is 1.29 bits per heavy atom. The summed E-state index contributed by atoms with van der Waals surface area (Å²) in [6.45, 7) is 6.36. The largest absolute Gasteiger partial charge is 0.375 e. The Morgan fingerprint density at radius 2 is 2.04 bits per heavy atom. The summed E-state index contributed by atoms with van der Waals surface area (Å²) in [6, 6.07) is 8.96. The summed E-state index contributed by atoms with van der Waals surface area (Å²) in [5.74, 6) is 0.657. The predicted molar refractivity (Wildman–Crippen MR) is 107 cm³/mol. The van der Waals surface area contributed by atoms with Crippen LogP contribution in [-0.4, -0.2) is 40.7 Å². The lowest BCUT2D eigenvalue weighted by Gasteiger charge is -2.40. The molecule has 0 aliphatic carbocycles. The first kappa shape index (κ1) is 18.7. The second-order valence-corrected chi connectivity index (χ2v) is 7.20. The molecule has 2 aromatic heterocycles. The minimum Gasteiger partial charge on any atom is -0.375 e. The molecule has 28 heavy (non-hydrogen) atoms. The summed E-state index contributed by atoms with van der Waals surface area (Å²) in [6.07, 6.45) is 1.95. The Kier molecular flexibility index (Phi) is 5.19. The molecule has 0 amide bonds. The molecule has 3 heterocycles. The Hall–Kier alpha value is -2.64. The van der Waals surface area contributed by atoms with Gasteiger partial charge in [-0.1, -0.05) is 28.9 Å². The number of aromatic nitrogens is 3. The summed E-state index contributed by atoms with van der Waals surface area (Å²) in [5, 5.41) is 9.15. The van der Waals surface area contributed by atoms with Gasteiger partial charge in [0.1, 0.15) is 11.5 Å². The SMILES string of the molecule is CCOC1CN(c2cnn(Cc3c(-c4ccc(Cl)cc4)noc3C)c(=O)c2)C1. The van der Waals surface area contributed by atoms with Crippen LogP contribution in [0.1, 0.15) is 18.2 Å². The number of hydrogen-bond acceptors (Lipinski definition) is 6. The highest BCUT2D eigenvalue weighted by molar-refractivity contribution is 6.30. The number of ether oxygens (including phenoxy) is 1. The molecule has 0 bridgehead atoms. The van der Waals surface area contributed by atoms with Crippen LogP contribution in [0.25, 0.3) is 11.3 Å². The normalized spacial score (nSPS) is 14.3. The van der Waals surface area contributed by atoms with Gasteiger partial charge in [0, 0.05) is 41.9 Å². The Bertz CT molecular complexity index is 1020. The minimum atomic E-state index is -0.167. The fourth-order valence-corrected chi connectivity index (χ4v) is 3.39. The molecule has 0 atom stereocenters. The molecule has 7 nitrogen and oxygen atoms in total. The number of rotatable bonds is 6. The third-order valence-corrected chi connectivity index (χ3v) is 5.13. The Labute approximate surface area is 167 Å². The molecule has 0 radical (unpaired) electrons. The maximum atomic E-state index is 12.6. The summed E-state index contributed by atoms with van der Waals surface area (Å²) in [5.41, 5.74) is 3.04. The summed E-state index contributed by atoms with van der Waals surface area (Å²) >= 11 is 5.97. The average molecular weight is 401 g/mol. The highest BCUT2D eigenvalue weighted by Gasteiger charge is 2.28. The number of anilines is 1. The lowest BCUT2D eigenvalue weighted by molar-refractivity contribution is 0.0430. The molecule has 0 spiro atoms. The molecule has 0 unspecified atom stereocenters. The molecular weight excluding hydrogens is 380 g/mol. The van der Waals surface area contributed by atoms with Crippen molar-refractivity contribution in [2.75, 3.05) is 24.6 Å². The smallest absolute Gasteiger partial charge is 0.269 e. The van der Waals surface area contributed by atoms with Crippen molar-refractivity contribution in [2.24, 2.45) is 0 Å². The van der Waals surface area contributed by atoms with Gasteiger partial charge in [-0.3, -0.25) is 4.79 Å². The van der Waals surface area contributed by atoms with Crippen molar-refractivity contribution in [1.82, 2.24) is 14.9 Å². The molecular formula is C20H21ClN4O3. The van der Waals surface area contributed by atoms with E-state index < -0.39 is 0 Å². The van der Waals surface area contributed by atoms with Crippen LogP contribution in [0.15, 0.2) is 45.8 Å². The average Bonchev–Trinajstić information content (AvgIpc) is 3.01. The Balaban J connectivity index is 1.55. The fourth-order valence-electron chi connectivity index (χ4n) is 3.27. The van der Waals surface area contributed by atoms with E-state index in [9.17, 15) is 4.79 Å². The van der Waals surface area contributed by atoms with E-state index >= 15 is 0 Å². The van der Waals surface area contributed by atoms with Crippen molar-refractivity contribution >= 4 is 17.3 Å². The van der Waals surface area contributed by atoms with Gasteiger partial charge in [0.2, 0.25) is 0 Å². The number of benzene rings is 1. The topological polar surface area (TPSA) is 73.4 Å². The second-order valence-electron chi connectivity index (χ2n) is 6.76. The number of aryl methyl sites for hydroxylation is 1. The van der Waals surface area contributed by atoms with E-state index in [1.807, 2.05) is 26.0 Å². The van der Waals surface area contributed by atoms with Crippen molar-refractivity contribution < 1.29 is 9.26 Å². The molecule has 0 N–H and O–H groups in total. The van der Waals surface area contributed by atoms with E-state index in [0.717, 1.165) is 29.9 Å². The van der Waals surface area contributed by atoms with Gasteiger partial charge in [-0.2, -0.15) is 5.10 Å². The third kappa shape index (κ3) is 3.68. The van der Waals surface area contributed by atoms with E-state index in [2.05, 4.69) is 15.2 Å². The van der Waals surface area contributed by atoms with Crippen LogP contribution in [-0.2, 0) is 11.3 Å². The first-order valence-electron chi connectivity index (χ1n) is 9.20. The van der Waals surface area contributed by atoms with Crippen LogP contribution < -0.4 is 10.5 Å². The zero-order valence-electron chi connectivity index (χ0n) is 15.8. The molecule has 1 aliphatic heterocycles. The van der Waals surface area contributed by atoms with Crippen molar-refractivity contribution in [1.29, 1.82) is 0 Å². The molecule has 8 heteroatoms. The van der Waals surface area contributed by atoms with Gasteiger partial charge in [-0.15, -0.1) is 0 Å². The van der Waals surface area contributed by atoms with Crippen LogP contribution in [0.3, 0.4) is 0 Å². The number of hydrogen-bond donors (Lipinski definition) is 0. The number of nitrogens with zero attached hydrogens (tertiary/aromatic N) is 4.